The molecule has 1 aliphatic rings. The zero-order chi connectivity index (χ0) is 14.5. The average molecular weight is 284 g/mol. The Labute approximate surface area is 123 Å². The van der Waals surface area contributed by atoms with Crippen molar-refractivity contribution >= 4 is 5.97 Å². The molecule has 21 heavy (non-hydrogen) atoms. The fourth-order valence-electron chi connectivity index (χ4n) is 2.20. The van der Waals surface area contributed by atoms with Crippen molar-refractivity contribution in [1.82, 2.24) is 0 Å². The number of ether oxygens (including phenoxy) is 3. The predicted octanol–water partition coefficient (Wildman–Crippen LogP) is 3.34. The monoisotopic (exact) mass is 284 g/mol. The lowest BCUT2D eigenvalue weighted by molar-refractivity contribution is -0.134. The summed E-state index contributed by atoms with van der Waals surface area (Å²) in [6.45, 7) is 0.212. The number of esters is 1. The lowest BCUT2D eigenvalue weighted by atomic mass is 10.1. The number of rotatable bonds is 5. The molecule has 0 amide bonds. The van der Waals surface area contributed by atoms with Crippen molar-refractivity contribution in [3.63, 3.8) is 0 Å². The molecule has 0 fully saturated rings. The first kappa shape index (κ1) is 13.5. The van der Waals surface area contributed by atoms with Gasteiger partial charge in [0.25, 0.3) is 0 Å². The van der Waals surface area contributed by atoms with Crippen LogP contribution in [-0.4, -0.2) is 12.8 Å². The maximum atomic E-state index is 11.8. The van der Waals surface area contributed by atoms with Crippen LogP contribution < -0.4 is 14.2 Å². The second-order valence-corrected chi connectivity index (χ2v) is 4.83. The Balaban J connectivity index is 1.48. The van der Waals surface area contributed by atoms with E-state index in [1.165, 1.54) is 5.56 Å². The molecule has 2 aromatic rings. The molecule has 0 atom stereocenters. The van der Waals surface area contributed by atoms with Gasteiger partial charge in [0.15, 0.2) is 11.5 Å². The third-order valence-electron chi connectivity index (χ3n) is 3.26. The van der Waals surface area contributed by atoms with Crippen LogP contribution in [-0.2, 0) is 11.2 Å². The van der Waals surface area contributed by atoms with Gasteiger partial charge in [-0.05, 0) is 30.5 Å². The quantitative estimate of drug-likeness (QED) is 0.624. The van der Waals surface area contributed by atoms with E-state index in [4.69, 9.17) is 14.2 Å². The molecule has 2 aromatic carbocycles. The molecule has 1 aliphatic heterocycles. The number of benzene rings is 2. The van der Waals surface area contributed by atoms with E-state index in [0.717, 1.165) is 12.8 Å². The molecular formula is C17H16O4. The Morgan fingerprint density at radius 1 is 1.05 bits per heavy atom. The smallest absolute Gasteiger partial charge is 0.311 e. The van der Waals surface area contributed by atoms with Gasteiger partial charge in [0.1, 0.15) is 5.75 Å². The fraction of sp³-hybridized carbons (Fsp3) is 0.235. The van der Waals surface area contributed by atoms with Gasteiger partial charge in [-0.15, -0.1) is 0 Å². The lowest BCUT2D eigenvalue weighted by Gasteiger charge is -2.05. The molecule has 0 unspecified atom stereocenters. The van der Waals surface area contributed by atoms with E-state index in [2.05, 4.69) is 12.1 Å². The molecule has 0 saturated heterocycles. The van der Waals surface area contributed by atoms with Crippen molar-refractivity contribution in [3.8, 4) is 17.2 Å². The molecule has 0 bridgehead atoms. The van der Waals surface area contributed by atoms with Gasteiger partial charge < -0.3 is 14.2 Å². The molecule has 1 heterocycles. The largest absolute Gasteiger partial charge is 0.454 e. The van der Waals surface area contributed by atoms with Gasteiger partial charge in [-0.3, -0.25) is 4.79 Å². The van der Waals surface area contributed by atoms with Gasteiger partial charge in [-0.1, -0.05) is 30.3 Å². The second-order valence-electron chi connectivity index (χ2n) is 4.83. The van der Waals surface area contributed by atoms with Crippen LogP contribution in [0.15, 0.2) is 48.5 Å². The van der Waals surface area contributed by atoms with E-state index < -0.39 is 0 Å². The topological polar surface area (TPSA) is 44.8 Å². The van der Waals surface area contributed by atoms with Crippen molar-refractivity contribution in [1.29, 1.82) is 0 Å². The number of carbonyl (C=O) groups excluding carboxylic acids is 1. The predicted molar refractivity (Wildman–Crippen MR) is 77.6 cm³/mol. The summed E-state index contributed by atoms with van der Waals surface area (Å²) < 4.78 is 15.8. The number of fused-ring (bicyclic) bond motifs is 1. The highest BCUT2D eigenvalue weighted by Gasteiger charge is 2.15. The van der Waals surface area contributed by atoms with Crippen LogP contribution in [0.1, 0.15) is 18.4 Å². The van der Waals surface area contributed by atoms with Crippen molar-refractivity contribution < 1.29 is 19.0 Å². The van der Waals surface area contributed by atoms with Crippen LogP contribution in [0, 0.1) is 0 Å². The van der Waals surface area contributed by atoms with Gasteiger partial charge in [0.05, 0.1) is 0 Å². The van der Waals surface area contributed by atoms with Crippen molar-refractivity contribution in [2.45, 2.75) is 19.3 Å². The first-order valence-electron chi connectivity index (χ1n) is 6.95. The Morgan fingerprint density at radius 3 is 2.71 bits per heavy atom. The van der Waals surface area contributed by atoms with Gasteiger partial charge in [0.2, 0.25) is 6.79 Å². The standard InChI is InChI=1S/C17H16O4/c18-17(8-4-7-13-5-2-1-3-6-13)21-14-9-10-15-16(11-14)20-12-19-15/h1-3,5-6,9-11H,4,7-8,12H2. The van der Waals surface area contributed by atoms with Crippen LogP contribution in [0.2, 0.25) is 0 Å². The molecular weight excluding hydrogens is 268 g/mol. The van der Waals surface area contributed by atoms with Gasteiger partial charge >= 0.3 is 5.97 Å². The van der Waals surface area contributed by atoms with Crippen LogP contribution in [0.25, 0.3) is 0 Å². The van der Waals surface area contributed by atoms with Crippen LogP contribution >= 0.6 is 0 Å². The average Bonchev–Trinajstić information content (AvgIpc) is 2.96. The molecule has 3 rings (SSSR count). The number of hydrogen-bond donors (Lipinski definition) is 0. The highest BCUT2D eigenvalue weighted by molar-refractivity contribution is 5.72. The van der Waals surface area contributed by atoms with Crippen molar-refractivity contribution in [3.05, 3.63) is 54.1 Å². The van der Waals surface area contributed by atoms with E-state index in [-0.39, 0.29) is 12.8 Å². The van der Waals surface area contributed by atoms with Gasteiger partial charge in [-0.25, -0.2) is 0 Å². The van der Waals surface area contributed by atoms with Crippen molar-refractivity contribution in [2.75, 3.05) is 6.79 Å². The summed E-state index contributed by atoms with van der Waals surface area (Å²) in [7, 11) is 0. The highest BCUT2D eigenvalue weighted by atomic mass is 16.7. The molecule has 108 valence electrons. The first-order valence-corrected chi connectivity index (χ1v) is 6.95. The molecule has 4 heteroatoms. The minimum atomic E-state index is -0.232. The number of aryl methyl sites for hydroxylation is 1. The van der Waals surface area contributed by atoms with Gasteiger partial charge in [0, 0.05) is 12.5 Å². The van der Waals surface area contributed by atoms with Crippen LogP contribution in [0.5, 0.6) is 17.2 Å². The van der Waals surface area contributed by atoms with E-state index in [1.807, 2.05) is 18.2 Å². The highest BCUT2D eigenvalue weighted by Crippen LogP contribution is 2.35. The molecule has 0 spiro atoms. The maximum absolute atomic E-state index is 11.8. The number of carbonyl (C=O) groups is 1. The fourth-order valence-corrected chi connectivity index (χ4v) is 2.20. The molecule has 0 saturated carbocycles. The lowest BCUT2D eigenvalue weighted by Crippen LogP contribution is -2.08. The normalized spacial score (nSPS) is 12.2. The van der Waals surface area contributed by atoms with Crippen LogP contribution in [0.4, 0.5) is 0 Å². The minimum Gasteiger partial charge on any atom is -0.454 e. The Morgan fingerprint density at radius 2 is 1.86 bits per heavy atom. The zero-order valence-corrected chi connectivity index (χ0v) is 11.6. The van der Waals surface area contributed by atoms with Crippen molar-refractivity contribution in [2.24, 2.45) is 0 Å². The molecule has 0 N–H and O–H groups in total. The second kappa shape index (κ2) is 6.31. The maximum Gasteiger partial charge on any atom is 0.311 e. The van der Waals surface area contributed by atoms with E-state index in [0.29, 0.717) is 23.7 Å². The van der Waals surface area contributed by atoms with Crippen LogP contribution in [0.3, 0.4) is 0 Å². The molecule has 4 nitrogen and oxygen atoms in total. The van der Waals surface area contributed by atoms with E-state index >= 15 is 0 Å². The zero-order valence-electron chi connectivity index (χ0n) is 11.6. The van der Waals surface area contributed by atoms with E-state index in [1.54, 1.807) is 18.2 Å². The van der Waals surface area contributed by atoms with E-state index in [9.17, 15) is 4.79 Å². The summed E-state index contributed by atoms with van der Waals surface area (Å²) in [6, 6.07) is 15.2. The Bertz CT molecular complexity index is 622. The molecule has 0 aromatic heterocycles. The first-order chi connectivity index (χ1) is 10.3. The Hall–Kier alpha value is -2.49. The molecule has 0 aliphatic carbocycles. The number of hydrogen-bond acceptors (Lipinski definition) is 4. The summed E-state index contributed by atoms with van der Waals surface area (Å²) in [5.74, 6) is 1.55. The SMILES string of the molecule is O=C(CCCc1ccccc1)Oc1ccc2c(c1)OCO2. The summed E-state index contributed by atoms with van der Waals surface area (Å²) in [6.07, 6.45) is 2.04. The van der Waals surface area contributed by atoms with Gasteiger partial charge in [-0.2, -0.15) is 0 Å². The third-order valence-corrected chi connectivity index (χ3v) is 3.26. The summed E-state index contributed by atoms with van der Waals surface area (Å²) >= 11 is 0. The summed E-state index contributed by atoms with van der Waals surface area (Å²) in [4.78, 5) is 11.8. The minimum absolute atomic E-state index is 0.212. The Kier molecular flexibility index (Phi) is 4.05. The molecule has 0 radical (unpaired) electrons. The summed E-state index contributed by atoms with van der Waals surface area (Å²) in [5.41, 5.74) is 1.23. The summed E-state index contributed by atoms with van der Waals surface area (Å²) in [5, 5.41) is 0. The third kappa shape index (κ3) is 3.54.